The van der Waals surface area contributed by atoms with Crippen LogP contribution in [0.3, 0.4) is 0 Å². The topological polar surface area (TPSA) is 6.48 Å². The highest BCUT2D eigenvalue weighted by atomic mass is 15.2. The molecule has 90 valence electrons. The second-order valence-electron chi connectivity index (χ2n) is 4.40. The first-order valence-corrected chi connectivity index (χ1v) is 6.18. The van der Waals surface area contributed by atoms with Crippen molar-refractivity contribution < 1.29 is 0 Å². The third-order valence-electron chi connectivity index (χ3n) is 3.07. The van der Waals surface area contributed by atoms with Crippen LogP contribution in [0.25, 0.3) is 0 Å². The number of hydrogen-bond donors (Lipinski definition) is 0. The van der Waals surface area contributed by atoms with E-state index in [1.54, 1.807) is 0 Å². The Bertz CT molecular complexity index is 369. The van der Waals surface area contributed by atoms with Gasteiger partial charge in [0.2, 0.25) is 0 Å². The molecule has 0 saturated carbocycles. The van der Waals surface area contributed by atoms with E-state index in [0.717, 1.165) is 26.2 Å². The zero-order chi connectivity index (χ0) is 11.9. The van der Waals surface area contributed by atoms with Crippen molar-refractivity contribution in [3.63, 3.8) is 0 Å². The Morgan fingerprint density at radius 3 is 1.71 bits per heavy atom. The molecule has 0 amide bonds. The summed E-state index contributed by atoms with van der Waals surface area (Å²) in [4.78, 5) is 4.82. The second-order valence-corrected chi connectivity index (χ2v) is 4.40. The highest BCUT2D eigenvalue weighted by Gasteiger charge is 2.12. The van der Waals surface area contributed by atoms with E-state index in [-0.39, 0.29) is 0 Å². The van der Waals surface area contributed by atoms with Gasteiger partial charge >= 0.3 is 0 Å². The van der Waals surface area contributed by atoms with Gasteiger partial charge in [0.25, 0.3) is 0 Å². The van der Waals surface area contributed by atoms with Crippen LogP contribution in [0.15, 0.2) is 54.6 Å². The number of hydrogen-bond acceptors (Lipinski definition) is 2. The van der Waals surface area contributed by atoms with Crippen LogP contribution in [-0.2, 0) is 0 Å². The molecule has 0 unspecified atom stereocenters. The van der Waals surface area contributed by atoms with E-state index in [9.17, 15) is 0 Å². The van der Waals surface area contributed by atoms with Crippen molar-refractivity contribution in [1.29, 1.82) is 0 Å². The van der Waals surface area contributed by atoms with Crippen LogP contribution in [0, 0.1) is 0 Å². The summed E-state index contributed by atoms with van der Waals surface area (Å²) in [5.41, 5.74) is 1.30. The molecule has 0 bridgehead atoms. The van der Waals surface area contributed by atoms with Crippen LogP contribution in [0.4, 0.5) is 5.69 Å². The van der Waals surface area contributed by atoms with Crippen LogP contribution in [0.1, 0.15) is 0 Å². The summed E-state index contributed by atoms with van der Waals surface area (Å²) in [6.07, 6.45) is 0. The highest BCUT2D eigenvalue weighted by Crippen LogP contribution is 2.13. The standard InChI is InChI=1S/C15H20N2/c1-16-11-13-17(14-12-16)15-9-7-5-3-2-4-6-8-10-15/h2-10H,11-14H2,1H3. The molecular formula is C15H20N2. The molecule has 1 heterocycles. The van der Waals surface area contributed by atoms with Gasteiger partial charge < -0.3 is 9.80 Å². The fourth-order valence-electron chi connectivity index (χ4n) is 1.96. The molecule has 17 heavy (non-hydrogen) atoms. The fourth-order valence-corrected chi connectivity index (χ4v) is 1.96. The van der Waals surface area contributed by atoms with Crippen molar-refractivity contribution in [2.45, 2.75) is 0 Å². The van der Waals surface area contributed by atoms with Gasteiger partial charge in [-0.3, -0.25) is 0 Å². The van der Waals surface area contributed by atoms with Crippen molar-refractivity contribution >= 4 is 5.69 Å². The van der Waals surface area contributed by atoms with E-state index in [4.69, 9.17) is 0 Å². The van der Waals surface area contributed by atoms with Gasteiger partial charge in [-0.25, -0.2) is 0 Å². The molecule has 0 radical (unpaired) electrons. The van der Waals surface area contributed by atoms with E-state index < -0.39 is 0 Å². The summed E-state index contributed by atoms with van der Waals surface area (Å²) in [6, 6.07) is 18.9. The predicted octanol–water partition coefficient (Wildman–Crippen LogP) is 2.56. The Balaban J connectivity index is 2.20. The molecule has 0 aliphatic carbocycles. The molecule has 2 nitrogen and oxygen atoms in total. The summed E-state index contributed by atoms with van der Waals surface area (Å²) in [7, 11) is 2.18. The van der Waals surface area contributed by atoms with Gasteiger partial charge in [-0.15, -0.1) is 0 Å². The zero-order valence-corrected chi connectivity index (χ0v) is 10.4. The largest absolute Gasteiger partial charge is 0.369 e. The van der Waals surface area contributed by atoms with Gasteiger partial charge in [-0.1, -0.05) is 42.5 Å². The molecule has 1 fully saturated rings. The Morgan fingerprint density at radius 2 is 1.18 bits per heavy atom. The minimum absolute atomic E-state index is 1.11. The van der Waals surface area contributed by atoms with Crippen LogP contribution in [-0.4, -0.2) is 38.1 Å². The van der Waals surface area contributed by atoms with Crippen LogP contribution < -0.4 is 4.90 Å². The Labute approximate surface area is 104 Å². The van der Waals surface area contributed by atoms with E-state index in [2.05, 4.69) is 53.2 Å². The molecule has 0 N–H and O–H groups in total. The average molecular weight is 228 g/mol. The predicted molar refractivity (Wildman–Crippen MR) is 73.8 cm³/mol. The fraction of sp³-hybridized carbons (Fsp3) is 0.333. The van der Waals surface area contributed by atoms with Gasteiger partial charge in [0.1, 0.15) is 0 Å². The SMILES string of the molecule is CN1CCN(c2ccccccccc2)CC1. The molecule has 0 atom stereocenters. The molecule has 0 aromatic heterocycles. The Hall–Kier alpha value is -1.54. The summed E-state index contributed by atoms with van der Waals surface area (Å²) in [5, 5.41) is 0. The normalized spacial score (nSPS) is 16.4. The van der Waals surface area contributed by atoms with Crippen molar-refractivity contribution in [2.75, 3.05) is 38.1 Å². The van der Waals surface area contributed by atoms with E-state index in [0.29, 0.717) is 0 Å². The van der Waals surface area contributed by atoms with Crippen LogP contribution >= 0.6 is 0 Å². The lowest BCUT2D eigenvalue weighted by atomic mass is 10.2. The van der Waals surface area contributed by atoms with Crippen LogP contribution in [0.2, 0.25) is 0 Å². The molecule has 1 saturated heterocycles. The maximum Gasteiger partial charge on any atom is 0.0367 e. The van der Waals surface area contributed by atoms with E-state index in [1.807, 2.05) is 18.2 Å². The molecule has 1 aliphatic heterocycles. The van der Waals surface area contributed by atoms with Crippen molar-refractivity contribution in [2.24, 2.45) is 0 Å². The van der Waals surface area contributed by atoms with Crippen molar-refractivity contribution in [3.05, 3.63) is 54.6 Å². The monoisotopic (exact) mass is 228 g/mol. The van der Waals surface area contributed by atoms with E-state index >= 15 is 0 Å². The van der Waals surface area contributed by atoms with Gasteiger partial charge in [0.05, 0.1) is 0 Å². The summed E-state index contributed by atoms with van der Waals surface area (Å²) in [5.74, 6) is 0. The first-order chi connectivity index (χ1) is 8.36. The lowest BCUT2D eigenvalue weighted by molar-refractivity contribution is 0.313. The minimum atomic E-state index is 1.11. The smallest absolute Gasteiger partial charge is 0.0367 e. The Kier molecular flexibility index (Phi) is 4.39. The molecule has 0 spiro atoms. The molecule has 2 heteroatoms. The minimum Gasteiger partial charge on any atom is -0.369 e. The molecule has 1 aromatic rings. The van der Waals surface area contributed by atoms with Gasteiger partial charge in [-0.2, -0.15) is 0 Å². The quantitative estimate of drug-likeness (QED) is 0.729. The third-order valence-corrected chi connectivity index (χ3v) is 3.07. The lowest BCUT2D eigenvalue weighted by Crippen LogP contribution is -2.44. The van der Waals surface area contributed by atoms with Gasteiger partial charge in [-0.05, 0) is 19.2 Å². The van der Waals surface area contributed by atoms with Gasteiger partial charge in [0.15, 0.2) is 0 Å². The highest BCUT2D eigenvalue weighted by molar-refractivity contribution is 5.44. The molecule has 1 aliphatic rings. The second kappa shape index (κ2) is 6.26. The lowest BCUT2D eigenvalue weighted by Gasteiger charge is -2.33. The average Bonchev–Trinajstić information content (AvgIpc) is 2.37. The number of nitrogens with zero attached hydrogens (tertiary/aromatic N) is 2. The summed E-state index contributed by atoms with van der Waals surface area (Å²) < 4.78 is 0. The molecule has 1 aromatic carbocycles. The maximum absolute atomic E-state index is 2.44. The molecular weight excluding hydrogens is 208 g/mol. The zero-order valence-electron chi connectivity index (χ0n) is 10.4. The summed E-state index contributed by atoms with van der Waals surface area (Å²) in [6.45, 7) is 4.51. The maximum atomic E-state index is 2.44. The Morgan fingerprint density at radius 1 is 0.706 bits per heavy atom. The van der Waals surface area contributed by atoms with Crippen molar-refractivity contribution in [3.8, 4) is 0 Å². The number of likely N-dealkylation sites (N-methyl/N-ethyl adjacent to an activating group) is 1. The van der Waals surface area contributed by atoms with Gasteiger partial charge in [0, 0.05) is 31.9 Å². The van der Waals surface area contributed by atoms with E-state index in [1.165, 1.54) is 5.69 Å². The summed E-state index contributed by atoms with van der Waals surface area (Å²) >= 11 is 0. The molecule has 2 rings (SSSR count). The number of piperazine rings is 1. The van der Waals surface area contributed by atoms with Crippen molar-refractivity contribution in [1.82, 2.24) is 4.90 Å². The first kappa shape index (κ1) is 11.9. The number of rotatable bonds is 1. The first-order valence-electron chi connectivity index (χ1n) is 6.18. The number of anilines is 1. The van der Waals surface area contributed by atoms with Crippen LogP contribution in [0.5, 0.6) is 0 Å². The third kappa shape index (κ3) is 3.75.